The molecule has 0 aliphatic rings. The van der Waals surface area contributed by atoms with E-state index in [1.165, 1.54) is 36.9 Å². The topological polar surface area (TPSA) is 92.4 Å². The molecule has 0 spiro atoms. The number of anilines is 1. The lowest BCUT2D eigenvalue weighted by Gasteiger charge is -2.05. The first-order valence-corrected chi connectivity index (χ1v) is 4.70. The number of aromatic nitrogens is 1. The first-order valence-electron chi connectivity index (χ1n) is 4.70. The number of carboxylic acids is 1. The van der Waals surface area contributed by atoms with Crippen molar-refractivity contribution in [3.8, 4) is 0 Å². The van der Waals surface area contributed by atoms with Crippen molar-refractivity contribution in [3.05, 3.63) is 48.2 Å². The molecular weight excluding hydrogens is 224 g/mol. The van der Waals surface area contributed by atoms with Gasteiger partial charge in [-0.05, 0) is 18.2 Å². The van der Waals surface area contributed by atoms with E-state index in [1.54, 1.807) is 0 Å². The van der Waals surface area contributed by atoms with Gasteiger partial charge in [0.25, 0.3) is 5.91 Å². The largest absolute Gasteiger partial charge is 0.476 e. The maximum atomic E-state index is 11.7. The number of carboxylic acid groups (broad SMARTS) is 1. The molecule has 0 saturated carbocycles. The van der Waals surface area contributed by atoms with Gasteiger partial charge in [-0.15, -0.1) is 0 Å². The Bertz CT molecular complexity index is 548. The number of aromatic carboxylic acids is 1. The summed E-state index contributed by atoms with van der Waals surface area (Å²) >= 11 is 0. The normalized spacial score (nSPS) is 9.88. The van der Waals surface area contributed by atoms with Crippen LogP contribution in [0.3, 0.4) is 0 Å². The quantitative estimate of drug-likeness (QED) is 0.838. The van der Waals surface area contributed by atoms with Crippen LogP contribution in [-0.2, 0) is 0 Å². The zero-order valence-electron chi connectivity index (χ0n) is 8.58. The lowest BCUT2D eigenvalue weighted by Crippen LogP contribution is -2.15. The van der Waals surface area contributed by atoms with Crippen LogP contribution >= 0.6 is 0 Å². The molecule has 0 fully saturated rings. The monoisotopic (exact) mass is 232 g/mol. The molecule has 6 heteroatoms. The van der Waals surface area contributed by atoms with Crippen LogP contribution in [-0.4, -0.2) is 22.0 Å². The highest BCUT2D eigenvalue weighted by molar-refractivity contribution is 6.06. The van der Waals surface area contributed by atoms with Crippen molar-refractivity contribution in [1.82, 2.24) is 4.98 Å². The molecule has 0 unspecified atom stereocenters. The van der Waals surface area contributed by atoms with E-state index < -0.39 is 11.9 Å². The molecule has 0 aliphatic heterocycles. The Balaban J connectivity index is 2.25. The van der Waals surface area contributed by atoms with Gasteiger partial charge in [0.15, 0.2) is 5.69 Å². The molecule has 2 heterocycles. The fourth-order valence-electron chi connectivity index (χ4n) is 1.26. The third-order valence-corrected chi connectivity index (χ3v) is 2.04. The van der Waals surface area contributed by atoms with Crippen LogP contribution in [0.15, 0.2) is 41.3 Å². The van der Waals surface area contributed by atoms with Gasteiger partial charge in [-0.25, -0.2) is 9.78 Å². The van der Waals surface area contributed by atoms with Crippen LogP contribution in [0.1, 0.15) is 20.8 Å². The van der Waals surface area contributed by atoms with Crippen molar-refractivity contribution in [2.75, 3.05) is 5.32 Å². The van der Waals surface area contributed by atoms with Gasteiger partial charge in [0.1, 0.15) is 6.26 Å². The minimum atomic E-state index is -1.20. The molecule has 2 aromatic rings. The standard InChI is InChI=1S/C11H8N2O4/c14-10(7-3-5-17-6-7)13-8-2-1-4-12-9(8)11(15)16/h1-6H,(H,13,14)(H,15,16). The highest BCUT2D eigenvalue weighted by atomic mass is 16.4. The molecule has 0 radical (unpaired) electrons. The Morgan fingerprint density at radius 3 is 2.82 bits per heavy atom. The predicted octanol–water partition coefficient (Wildman–Crippen LogP) is 1.63. The second-order valence-corrected chi connectivity index (χ2v) is 3.17. The molecule has 2 aromatic heterocycles. The Hall–Kier alpha value is -2.63. The molecule has 86 valence electrons. The van der Waals surface area contributed by atoms with E-state index in [0.717, 1.165) is 0 Å². The van der Waals surface area contributed by atoms with Crippen LogP contribution in [0.25, 0.3) is 0 Å². The van der Waals surface area contributed by atoms with Crippen LogP contribution in [0.5, 0.6) is 0 Å². The van der Waals surface area contributed by atoms with E-state index >= 15 is 0 Å². The maximum Gasteiger partial charge on any atom is 0.356 e. The lowest BCUT2D eigenvalue weighted by atomic mass is 10.2. The fraction of sp³-hybridized carbons (Fsp3) is 0. The highest BCUT2D eigenvalue weighted by Crippen LogP contribution is 2.13. The molecule has 0 bridgehead atoms. The summed E-state index contributed by atoms with van der Waals surface area (Å²) in [6.07, 6.45) is 3.97. The lowest BCUT2D eigenvalue weighted by molar-refractivity contribution is 0.0692. The van der Waals surface area contributed by atoms with Crippen molar-refractivity contribution >= 4 is 17.6 Å². The van der Waals surface area contributed by atoms with Crippen molar-refractivity contribution in [1.29, 1.82) is 0 Å². The third kappa shape index (κ3) is 2.31. The van der Waals surface area contributed by atoms with E-state index in [4.69, 9.17) is 9.52 Å². The van der Waals surface area contributed by atoms with Crippen LogP contribution < -0.4 is 5.32 Å². The average molecular weight is 232 g/mol. The smallest absolute Gasteiger partial charge is 0.356 e. The zero-order valence-corrected chi connectivity index (χ0v) is 8.58. The highest BCUT2D eigenvalue weighted by Gasteiger charge is 2.14. The number of hydrogen-bond donors (Lipinski definition) is 2. The Morgan fingerprint density at radius 2 is 2.18 bits per heavy atom. The van der Waals surface area contributed by atoms with Crippen molar-refractivity contribution < 1.29 is 19.1 Å². The predicted molar refractivity (Wildman–Crippen MR) is 57.9 cm³/mol. The molecule has 0 aromatic carbocycles. The number of carbonyl (C=O) groups excluding carboxylic acids is 1. The van der Waals surface area contributed by atoms with E-state index in [0.29, 0.717) is 5.56 Å². The molecule has 6 nitrogen and oxygen atoms in total. The molecule has 0 saturated heterocycles. The number of amides is 1. The van der Waals surface area contributed by atoms with E-state index in [2.05, 4.69) is 10.3 Å². The van der Waals surface area contributed by atoms with Crippen LogP contribution in [0.2, 0.25) is 0 Å². The Morgan fingerprint density at radius 1 is 1.35 bits per heavy atom. The number of furan rings is 1. The molecule has 0 aliphatic carbocycles. The van der Waals surface area contributed by atoms with Gasteiger partial charge in [0, 0.05) is 6.20 Å². The second kappa shape index (κ2) is 4.48. The first-order chi connectivity index (χ1) is 8.18. The number of nitrogens with one attached hydrogen (secondary N) is 1. The van der Waals surface area contributed by atoms with E-state index in [-0.39, 0.29) is 11.4 Å². The molecular formula is C11H8N2O4. The van der Waals surface area contributed by atoms with Gasteiger partial charge in [0.2, 0.25) is 0 Å². The molecule has 1 amide bonds. The van der Waals surface area contributed by atoms with Gasteiger partial charge in [-0.3, -0.25) is 4.79 Å². The molecule has 0 atom stereocenters. The number of hydrogen-bond acceptors (Lipinski definition) is 4. The molecule has 2 N–H and O–H groups in total. The summed E-state index contributed by atoms with van der Waals surface area (Å²) < 4.78 is 4.76. The SMILES string of the molecule is O=C(Nc1cccnc1C(=O)O)c1ccoc1. The first kappa shape index (κ1) is 10.9. The maximum absolute atomic E-state index is 11.7. The van der Waals surface area contributed by atoms with Gasteiger partial charge < -0.3 is 14.8 Å². The summed E-state index contributed by atoms with van der Waals surface area (Å²) in [6.45, 7) is 0. The van der Waals surface area contributed by atoms with Crippen LogP contribution in [0, 0.1) is 0 Å². The minimum absolute atomic E-state index is 0.145. The fourth-order valence-corrected chi connectivity index (χ4v) is 1.26. The minimum Gasteiger partial charge on any atom is -0.476 e. The number of pyridine rings is 1. The summed E-state index contributed by atoms with van der Waals surface area (Å²) in [5.41, 5.74) is 0.251. The van der Waals surface area contributed by atoms with Gasteiger partial charge >= 0.3 is 5.97 Å². The summed E-state index contributed by atoms with van der Waals surface area (Å²) in [4.78, 5) is 26.2. The summed E-state index contributed by atoms with van der Waals surface area (Å²) in [6, 6.07) is 4.48. The summed E-state index contributed by atoms with van der Waals surface area (Å²) in [5.74, 6) is -1.65. The van der Waals surface area contributed by atoms with Gasteiger partial charge in [-0.1, -0.05) is 0 Å². The Kier molecular flexibility index (Phi) is 2.87. The van der Waals surface area contributed by atoms with Gasteiger partial charge in [0.05, 0.1) is 17.5 Å². The number of carbonyl (C=O) groups is 2. The van der Waals surface area contributed by atoms with Gasteiger partial charge in [-0.2, -0.15) is 0 Å². The molecule has 17 heavy (non-hydrogen) atoms. The summed E-state index contributed by atoms with van der Waals surface area (Å²) in [5, 5.41) is 11.3. The van der Waals surface area contributed by atoms with Crippen molar-refractivity contribution in [3.63, 3.8) is 0 Å². The van der Waals surface area contributed by atoms with E-state index in [9.17, 15) is 9.59 Å². The third-order valence-electron chi connectivity index (χ3n) is 2.04. The number of rotatable bonds is 3. The zero-order chi connectivity index (χ0) is 12.3. The number of nitrogens with zero attached hydrogens (tertiary/aromatic N) is 1. The summed E-state index contributed by atoms with van der Waals surface area (Å²) in [7, 11) is 0. The van der Waals surface area contributed by atoms with Crippen LogP contribution in [0.4, 0.5) is 5.69 Å². The Labute approximate surface area is 95.9 Å². The van der Waals surface area contributed by atoms with Crippen molar-refractivity contribution in [2.24, 2.45) is 0 Å². The average Bonchev–Trinajstić information content (AvgIpc) is 2.83. The van der Waals surface area contributed by atoms with Crippen molar-refractivity contribution in [2.45, 2.75) is 0 Å². The van der Waals surface area contributed by atoms with E-state index in [1.807, 2.05) is 0 Å². The second-order valence-electron chi connectivity index (χ2n) is 3.17. The molecule has 2 rings (SSSR count).